The number of esters is 1. The van der Waals surface area contributed by atoms with Gasteiger partial charge >= 0.3 is 5.97 Å². The third-order valence-corrected chi connectivity index (χ3v) is 3.10. The lowest BCUT2D eigenvalue weighted by Crippen LogP contribution is -2.22. The molecule has 1 heterocycles. The number of aromatic nitrogens is 2. The minimum Gasteiger partial charge on any atom is -0.490 e. The fraction of sp³-hybridized carbons (Fsp3) is 0.214. The number of hydrogen-bond donors (Lipinski definition) is 0. The first-order valence-corrected chi connectivity index (χ1v) is 6.95. The molecule has 0 saturated carbocycles. The Morgan fingerprint density at radius 3 is 2.57 bits per heavy atom. The maximum absolute atomic E-state index is 11.7. The fourth-order valence-electron chi connectivity index (χ4n) is 1.51. The Kier molecular flexibility index (Phi) is 5.10. The fourth-order valence-corrected chi connectivity index (χ4v) is 1.77. The Balaban J connectivity index is 1.80. The quantitative estimate of drug-likeness (QED) is 0.605. The standard InChI is InChI=1S/C14H13BrN2O4/c1-17-13(18)7-6-12(16-17)14(19)21-9-8-20-11-4-2-10(15)3-5-11/h2-7H,8-9H2,1H3. The lowest BCUT2D eigenvalue weighted by atomic mass is 10.3. The zero-order valence-electron chi connectivity index (χ0n) is 11.3. The first-order chi connectivity index (χ1) is 10.1. The molecule has 2 rings (SSSR count). The van der Waals surface area contributed by atoms with E-state index in [1.165, 1.54) is 19.2 Å². The third kappa shape index (κ3) is 4.42. The van der Waals surface area contributed by atoms with Crippen molar-refractivity contribution in [2.75, 3.05) is 13.2 Å². The van der Waals surface area contributed by atoms with Crippen molar-refractivity contribution in [1.82, 2.24) is 9.78 Å². The normalized spacial score (nSPS) is 10.2. The molecule has 1 aromatic carbocycles. The van der Waals surface area contributed by atoms with E-state index in [4.69, 9.17) is 9.47 Å². The number of benzene rings is 1. The maximum Gasteiger partial charge on any atom is 0.358 e. The largest absolute Gasteiger partial charge is 0.490 e. The predicted molar refractivity (Wildman–Crippen MR) is 79.4 cm³/mol. The number of ether oxygens (including phenoxy) is 2. The van der Waals surface area contributed by atoms with E-state index in [9.17, 15) is 9.59 Å². The highest BCUT2D eigenvalue weighted by Crippen LogP contribution is 2.15. The molecule has 0 radical (unpaired) electrons. The summed E-state index contributed by atoms with van der Waals surface area (Å²) in [5.41, 5.74) is -0.203. The lowest BCUT2D eigenvalue weighted by molar-refractivity contribution is 0.0441. The minimum absolute atomic E-state index is 0.0840. The Morgan fingerprint density at radius 2 is 1.90 bits per heavy atom. The highest BCUT2D eigenvalue weighted by atomic mass is 79.9. The van der Waals surface area contributed by atoms with Crippen LogP contribution in [0.2, 0.25) is 0 Å². The molecule has 0 aliphatic rings. The Labute approximate surface area is 129 Å². The van der Waals surface area contributed by atoms with E-state index in [1.54, 1.807) is 12.1 Å². The Morgan fingerprint density at radius 1 is 1.19 bits per heavy atom. The van der Waals surface area contributed by atoms with Crippen LogP contribution < -0.4 is 10.3 Å². The highest BCUT2D eigenvalue weighted by Gasteiger charge is 2.09. The molecule has 0 unspecified atom stereocenters. The zero-order valence-corrected chi connectivity index (χ0v) is 12.9. The van der Waals surface area contributed by atoms with Gasteiger partial charge in [-0.25, -0.2) is 9.48 Å². The Hall–Kier alpha value is -2.15. The third-order valence-electron chi connectivity index (χ3n) is 2.57. The van der Waals surface area contributed by atoms with E-state index in [-0.39, 0.29) is 24.5 Å². The van der Waals surface area contributed by atoms with E-state index in [1.807, 2.05) is 12.1 Å². The molecule has 1 aromatic heterocycles. The number of halogens is 1. The van der Waals surface area contributed by atoms with Crippen molar-refractivity contribution in [3.63, 3.8) is 0 Å². The number of aryl methyl sites for hydroxylation is 1. The van der Waals surface area contributed by atoms with Crippen LogP contribution in [0.1, 0.15) is 10.5 Å². The second-order valence-corrected chi connectivity index (χ2v) is 5.03. The molecule has 0 bridgehead atoms. The molecule has 7 heteroatoms. The molecular weight excluding hydrogens is 340 g/mol. The van der Waals surface area contributed by atoms with Crippen molar-refractivity contribution in [3.8, 4) is 5.75 Å². The van der Waals surface area contributed by atoms with Gasteiger partial charge in [-0.05, 0) is 30.3 Å². The summed E-state index contributed by atoms with van der Waals surface area (Å²) in [6.07, 6.45) is 0. The van der Waals surface area contributed by atoms with E-state index < -0.39 is 5.97 Å². The molecule has 0 spiro atoms. The van der Waals surface area contributed by atoms with E-state index >= 15 is 0 Å². The SMILES string of the molecule is Cn1nc(C(=O)OCCOc2ccc(Br)cc2)ccc1=O. The molecular formula is C14H13BrN2O4. The lowest BCUT2D eigenvalue weighted by Gasteiger charge is -2.07. The maximum atomic E-state index is 11.7. The van der Waals surface area contributed by atoms with Gasteiger partial charge in [-0.15, -0.1) is 0 Å². The first-order valence-electron chi connectivity index (χ1n) is 6.16. The van der Waals surface area contributed by atoms with Crippen molar-refractivity contribution in [2.24, 2.45) is 7.05 Å². The highest BCUT2D eigenvalue weighted by molar-refractivity contribution is 9.10. The average molecular weight is 353 g/mol. The average Bonchev–Trinajstić information content (AvgIpc) is 2.48. The number of rotatable bonds is 5. The van der Waals surface area contributed by atoms with Crippen LogP contribution in [0.25, 0.3) is 0 Å². The van der Waals surface area contributed by atoms with Crippen molar-refractivity contribution in [3.05, 3.63) is 56.9 Å². The summed E-state index contributed by atoms with van der Waals surface area (Å²) in [5, 5.41) is 3.80. The van der Waals surface area contributed by atoms with Crippen molar-refractivity contribution >= 4 is 21.9 Å². The number of carbonyl (C=O) groups excluding carboxylic acids is 1. The van der Waals surface area contributed by atoms with Gasteiger partial charge in [0.05, 0.1) is 0 Å². The number of hydrogen-bond acceptors (Lipinski definition) is 5. The van der Waals surface area contributed by atoms with Gasteiger partial charge in [-0.2, -0.15) is 5.10 Å². The molecule has 0 saturated heterocycles. The van der Waals surface area contributed by atoms with Crippen molar-refractivity contribution in [2.45, 2.75) is 0 Å². The Bertz CT molecular complexity index is 682. The summed E-state index contributed by atoms with van der Waals surface area (Å²) < 4.78 is 12.5. The molecule has 0 aliphatic heterocycles. The molecule has 21 heavy (non-hydrogen) atoms. The molecule has 0 N–H and O–H groups in total. The zero-order chi connectivity index (χ0) is 15.2. The summed E-state index contributed by atoms with van der Waals surface area (Å²) in [4.78, 5) is 22.9. The van der Waals surface area contributed by atoms with Gasteiger partial charge in [0.15, 0.2) is 5.69 Å². The van der Waals surface area contributed by atoms with Crippen LogP contribution >= 0.6 is 15.9 Å². The first kappa shape index (κ1) is 15.2. The summed E-state index contributed by atoms with van der Waals surface area (Å²) >= 11 is 3.33. The van der Waals surface area contributed by atoms with Crippen LogP contribution in [-0.4, -0.2) is 29.0 Å². The smallest absolute Gasteiger partial charge is 0.358 e. The molecule has 110 valence electrons. The van der Waals surface area contributed by atoms with E-state index in [0.717, 1.165) is 9.15 Å². The van der Waals surface area contributed by atoms with Crippen LogP contribution in [-0.2, 0) is 11.8 Å². The summed E-state index contributed by atoms with van der Waals surface area (Å²) in [5.74, 6) is 0.0967. The summed E-state index contributed by atoms with van der Waals surface area (Å²) in [6.45, 7) is 0.332. The van der Waals surface area contributed by atoms with Crippen LogP contribution in [0.5, 0.6) is 5.75 Å². The predicted octanol–water partition coefficient (Wildman–Crippen LogP) is 1.78. The second kappa shape index (κ2) is 7.03. The molecule has 6 nitrogen and oxygen atoms in total. The molecule has 0 amide bonds. The molecule has 0 atom stereocenters. The second-order valence-electron chi connectivity index (χ2n) is 4.12. The van der Waals surface area contributed by atoms with Crippen molar-refractivity contribution in [1.29, 1.82) is 0 Å². The van der Waals surface area contributed by atoms with Gasteiger partial charge in [-0.1, -0.05) is 15.9 Å². The van der Waals surface area contributed by atoms with Gasteiger partial charge in [0.1, 0.15) is 19.0 Å². The molecule has 0 fully saturated rings. The van der Waals surface area contributed by atoms with E-state index in [0.29, 0.717) is 5.75 Å². The summed E-state index contributed by atoms with van der Waals surface area (Å²) in [7, 11) is 1.47. The van der Waals surface area contributed by atoms with Crippen LogP contribution in [0.4, 0.5) is 0 Å². The van der Waals surface area contributed by atoms with Gasteiger partial charge in [-0.3, -0.25) is 4.79 Å². The number of nitrogens with zero attached hydrogens (tertiary/aromatic N) is 2. The van der Waals surface area contributed by atoms with Gasteiger partial charge in [0.25, 0.3) is 5.56 Å². The van der Waals surface area contributed by atoms with Crippen molar-refractivity contribution < 1.29 is 14.3 Å². The number of carbonyl (C=O) groups is 1. The van der Waals surface area contributed by atoms with Crippen LogP contribution in [0.3, 0.4) is 0 Å². The summed E-state index contributed by atoms with van der Waals surface area (Å²) in [6, 6.07) is 9.93. The van der Waals surface area contributed by atoms with Gasteiger partial charge < -0.3 is 9.47 Å². The van der Waals surface area contributed by atoms with Gasteiger partial charge in [0.2, 0.25) is 0 Å². The monoisotopic (exact) mass is 352 g/mol. The molecule has 0 aliphatic carbocycles. The van der Waals surface area contributed by atoms with E-state index in [2.05, 4.69) is 21.0 Å². The molecule has 2 aromatic rings. The topological polar surface area (TPSA) is 70.4 Å². The minimum atomic E-state index is -0.593. The van der Waals surface area contributed by atoms with Crippen LogP contribution in [0, 0.1) is 0 Å². The van der Waals surface area contributed by atoms with Crippen LogP contribution in [0.15, 0.2) is 45.7 Å². The van der Waals surface area contributed by atoms with Gasteiger partial charge in [0, 0.05) is 17.6 Å².